The van der Waals surface area contributed by atoms with Gasteiger partial charge in [0, 0.05) is 18.9 Å². The van der Waals surface area contributed by atoms with Crippen molar-refractivity contribution in [2.45, 2.75) is 25.3 Å². The van der Waals surface area contributed by atoms with E-state index in [1.54, 1.807) is 23.3 Å². The molecule has 1 N–H and O–H groups in total. The van der Waals surface area contributed by atoms with Crippen LogP contribution in [-0.4, -0.2) is 48.8 Å². The predicted molar refractivity (Wildman–Crippen MR) is 74.0 cm³/mol. The van der Waals surface area contributed by atoms with Crippen molar-refractivity contribution in [3.05, 3.63) is 24.0 Å². The Hall–Kier alpha value is -1.73. The van der Waals surface area contributed by atoms with Crippen LogP contribution in [0.25, 0.3) is 5.95 Å². The van der Waals surface area contributed by atoms with Gasteiger partial charge in [0.05, 0.1) is 12.6 Å². The fourth-order valence-electron chi connectivity index (χ4n) is 2.40. The van der Waals surface area contributed by atoms with E-state index in [1.165, 1.54) is 0 Å². The molecule has 0 radical (unpaired) electrons. The summed E-state index contributed by atoms with van der Waals surface area (Å²) in [5.41, 5.74) is 0. The van der Waals surface area contributed by atoms with Gasteiger partial charge in [0.2, 0.25) is 17.2 Å². The summed E-state index contributed by atoms with van der Waals surface area (Å²) in [6.07, 6.45) is 8.09. The lowest BCUT2D eigenvalue weighted by Crippen LogP contribution is -2.43. The molecule has 2 aromatic heterocycles. The van der Waals surface area contributed by atoms with Crippen molar-refractivity contribution >= 4 is 17.5 Å². The van der Waals surface area contributed by atoms with Crippen molar-refractivity contribution in [3.8, 4) is 5.95 Å². The predicted octanol–water partition coefficient (Wildman–Crippen LogP) is 1.06. The van der Waals surface area contributed by atoms with Gasteiger partial charge in [0.25, 0.3) is 0 Å². The summed E-state index contributed by atoms with van der Waals surface area (Å²) in [4.78, 5) is 18.7. The summed E-state index contributed by atoms with van der Waals surface area (Å²) in [6.45, 7) is 0.901. The molecule has 1 saturated heterocycles. The van der Waals surface area contributed by atoms with Crippen molar-refractivity contribution in [3.63, 3.8) is 0 Å². The lowest BCUT2D eigenvalue weighted by Gasteiger charge is -2.34. The number of hydrogen-bond acceptors (Lipinski definition) is 6. The van der Waals surface area contributed by atoms with Gasteiger partial charge in [0.1, 0.15) is 6.33 Å². The molecule has 106 valence electrons. The first-order valence-electron chi connectivity index (χ1n) is 6.55. The molecule has 1 aliphatic rings. The maximum Gasteiger partial charge on any atom is 0.241 e. The summed E-state index contributed by atoms with van der Waals surface area (Å²) < 4.78 is 1.68. The van der Waals surface area contributed by atoms with Gasteiger partial charge in [0.15, 0.2) is 0 Å². The molecule has 2 aromatic rings. The Labute approximate surface area is 121 Å². The molecule has 20 heavy (non-hydrogen) atoms. The number of aliphatic hydroxyl groups is 1. The van der Waals surface area contributed by atoms with Crippen LogP contribution in [0, 0.1) is 0 Å². The third kappa shape index (κ3) is 2.59. The first kappa shape index (κ1) is 13.3. The molecule has 0 amide bonds. The van der Waals surface area contributed by atoms with Gasteiger partial charge in [-0.25, -0.2) is 4.98 Å². The van der Waals surface area contributed by atoms with Crippen LogP contribution >= 0.6 is 11.6 Å². The van der Waals surface area contributed by atoms with Crippen LogP contribution in [-0.2, 0) is 0 Å². The van der Waals surface area contributed by atoms with E-state index < -0.39 is 0 Å². The van der Waals surface area contributed by atoms with Gasteiger partial charge < -0.3 is 10.0 Å². The molecule has 7 nitrogen and oxygen atoms in total. The molecule has 1 atom stereocenters. The third-order valence-electron chi connectivity index (χ3n) is 3.41. The van der Waals surface area contributed by atoms with E-state index in [9.17, 15) is 5.11 Å². The molecule has 1 unspecified atom stereocenters. The number of halogens is 1. The maximum atomic E-state index is 9.48. The second-order valence-electron chi connectivity index (χ2n) is 4.70. The SMILES string of the molecule is OCC1CCCCN1c1nc(Cl)nc(-n2ccnc2)n1. The summed E-state index contributed by atoms with van der Waals surface area (Å²) in [5.74, 6) is 0.937. The van der Waals surface area contributed by atoms with Gasteiger partial charge in [-0.1, -0.05) is 0 Å². The minimum Gasteiger partial charge on any atom is -0.394 e. The minimum atomic E-state index is 0.0397. The van der Waals surface area contributed by atoms with Gasteiger partial charge in [-0.2, -0.15) is 15.0 Å². The highest BCUT2D eigenvalue weighted by molar-refractivity contribution is 6.28. The number of piperidine rings is 1. The van der Waals surface area contributed by atoms with E-state index in [0.29, 0.717) is 11.9 Å². The molecule has 3 rings (SSSR count). The van der Waals surface area contributed by atoms with Crippen molar-refractivity contribution in [1.82, 2.24) is 24.5 Å². The molecule has 0 aromatic carbocycles. The number of rotatable bonds is 3. The molecule has 0 aliphatic carbocycles. The molecule has 0 saturated carbocycles. The summed E-state index contributed by atoms with van der Waals surface area (Å²) in [7, 11) is 0. The Morgan fingerprint density at radius 1 is 1.25 bits per heavy atom. The Balaban J connectivity index is 1.96. The molecule has 8 heteroatoms. The summed E-state index contributed by atoms with van der Waals surface area (Å²) in [5, 5.41) is 9.62. The first-order valence-corrected chi connectivity index (χ1v) is 6.93. The Kier molecular flexibility index (Phi) is 3.79. The van der Waals surface area contributed by atoms with E-state index in [1.807, 2.05) is 4.90 Å². The van der Waals surface area contributed by atoms with Crippen LogP contribution in [0.1, 0.15) is 19.3 Å². The normalized spacial score (nSPS) is 19.3. The van der Waals surface area contributed by atoms with Gasteiger partial charge >= 0.3 is 0 Å². The molecule has 0 bridgehead atoms. The smallest absolute Gasteiger partial charge is 0.241 e. The highest BCUT2D eigenvalue weighted by atomic mass is 35.5. The van der Waals surface area contributed by atoms with E-state index in [-0.39, 0.29) is 17.9 Å². The topological polar surface area (TPSA) is 80.0 Å². The quantitative estimate of drug-likeness (QED) is 0.912. The third-order valence-corrected chi connectivity index (χ3v) is 3.58. The van der Waals surface area contributed by atoms with Gasteiger partial charge in [-0.3, -0.25) is 4.57 Å². The molecular weight excluding hydrogens is 280 g/mol. The second kappa shape index (κ2) is 5.72. The highest BCUT2D eigenvalue weighted by Gasteiger charge is 2.25. The number of aromatic nitrogens is 5. The monoisotopic (exact) mass is 294 g/mol. The van der Waals surface area contributed by atoms with Crippen LogP contribution < -0.4 is 4.90 Å². The zero-order chi connectivity index (χ0) is 13.9. The lowest BCUT2D eigenvalue weighted by atomic mass is 10.0. The van der Waals surface area contributed by atoms with Crippen molar-refractivity contribution < 1.29 is 5.11 Å². The molecule has 0 spiro atoms. The van der Waals surface area contributed by atoms with Gasteiger partial charge in [-0.05, 0) is 30.9 Å². The second-order valence-corrected chi connectivity index (χ2v) is 5.04. The average Bonchev–Trinajstić information content (AvgIpc) is 3.01. The molecule has 1 fully saturated rings. The standard InChI is InChI=1S/C12H15ClN6O/c13-10-15-11(18-6-4-14-8-18)17-12(16-10)19-5-2-1-3-9(19)7-20/h4,6,8-9,20H,1-3,5,7H2. The number of anilines is 1. The van der Waals surface area contributed by atoms with Crippen LogP contribution in [0.3, 0.4) is 0 Å². The minimum absolute atomic E-state index is 0.0397. The van der Waals surface area contributed by atoms with Crippen LogP contribution in [0.2, 0.25) is 5.28 Å². The zero-order valence-corrected chi connectivity index (χ0v) is 11.6. The Morgan fingerprint density at radius 3 is 2.85 bits per heavy atom. The zero-order valence-electron chi connectivity index (χ0n) is 10.9. The molecule has 1 aliphatic heterocycles. The van der Waals surface area contributed by atoms with Crippen LogP contribution in [0.5, 0.6) is 0 Å². The van der Waals surface area contributed by atoms with E-state index in [0.717, 1.165) is 25.8 Å². The average molecular weight is 295 g/mol. The van der Waals surface area contributed by atoms with Gasteiger partial charge in [-0.15, -0.1) is 0 Å². The van der Waals surface area contributed by atoms with Crippen molar-refractivity contribution in [2.75, 3.05) is 18.1 Å². The van der Waals surface area contributed by atoms with Crippen molar-refractivity contribution in [1.29, 1.82) is 0 Å². The fourth-order valence-corrected chi connectivity index (χ4v) is 2.56. The maximum absolute atomic E-state index is 9.48. The number of aliphatic hydroxyl groups excluding tert-OH is 1. The van der Waals surface area contributed by atoms with E-state index >= 15 is 0 Å². The first-order chi connectivity index (χ1) is 9.78. The van der Waals surface area contributed by atoms with E-state index in [2.05, 4.69) is 19.9 Å². The van der Waals surface area contributed by atoms with E-state index in [4.69, 9.17) is 11.6 Å². The van der Waals surface area contributed by atoms with Crippen LogP contribution in [0.15, 0.2) is 18.7 Å². The molecule has 3 heterocycles. The largest absolute Gasteiger partial charge is 0.394 e. The number of hydrogen-bond donors (Lipinski definition) is 1. The van der Waals surface area contributed by atoms with Crippen LogP contribution in [0.4, 0.5) is 5.95 Å². The summed E-state index contributed by atoms with van der Waals surface area (Å²) in [6, 6.07) is 0.0397. The number of imidazole rings is 1. The van der Waals surface area contributed by atoms with Crippen molar-refractivity contribution in [2.24, 2.45) is 0 Å². The highest BCUT2D eigenvalue weighted by Crippen LogP contribution is 2.22. The lowest BCUT2D eigenvalue weighted by molar-refractivity contribution is 0.238. The Bertz CT molecular complexity index is 575. The molecular formula is C12H15ClN6O. The number of nitrogens with zero attached hydrogens (tertiary/aromatic N) is 6. The fraction of sp³-hybridized carbons (Fsp3) is 0.500. The summed E-state index contributed by atoms with van der Waals surface area (Å²) >= 11 is 5.99. The Morgan fingerprint density at radius 2 is 2.10 bits per heavy atom.